The minimum absolute atomic E-state index is 0.0157. The fourth-order valence-electron chi connectivity index (χ4n) is 0.824. The molecular weight excluding hydrogens is 200 g/mol. The Labute approximate surface area is 88.7 Å². The predicted octanol–water partition coefficient (Wildman–Crippen LogP) is 0.850. The normalized spacial score (nSPS) is 9.87. The van der Waals surface area contributed by atoms with Gasteiger partial charge in [0.25, 0.3) is 0 Å². The van der Waals surface area contributed by atoms with Crippen molar-refractivity contribution in [3.8, 4) is 0 Å². The van der Waals surface area contributed by atoms with E-state index >= 15 is 0 Å². The predicted molar refractivity (Wildman–Crippen MR) is 52.1 cm³/mol. The standard InChI is InChI=1S/C10H16O5/c1-7(2)15-9(12)4-5-14-10(13)6-8(3)11/h7H,4-6H2,1-3H3. The molecule has 0 atom stereocenters. The number of carbonyl (C=O) groups is 3. The summed E-state index contributed by atoms with van der Waals surface area (Å²) in [5.41, 5.74) is 0. The molecule has 5 heteroatoms. The van der Waals surface area contributed by atoms with Gasteiger partial charge in [-0.1, -0.05) is 0 Å². The molecule has 0 saturated heterocycles. The molecule has 0 heterocycles. The van der Waals surface area contributed by atoms with Crippen LogP contribution in [-0.2, 0) is 23.9 Å². The second-order valence-electron chi connectivity index (χ2n) is 3.39. The first-order valence-corrected chi connectivity index (χ1v) is 4.76. The minimum Gasteiger partial charge on any atom is -0.465 e. The van der Waals surface area contributed by atoms with Gasteiger partial charge in [-0.25, -0.2) is 0 Å². The molecular formula is C10H16O5. The fourth-order valence-corrected chi connectivity index (χ4v) is 0.824. The van der Waals surface area contributed by atoms with Crippen molar-refractivity contribution in [2.45, 2.75) is 39.7 Å². The highest BCUT2D eigenvalue weighted by molar-refractivity contribution is 5.94. The van der Waals surface area contributed by atoms with E-state index in [1.54, 1.807) is 13.8 Å². The van der Waals surface area contributed by atoms with Crippen LogP contribution in [0.2, 0.25) is 0 Å². The van der Waals surface area contributed by atoms with Gasteiger partial charge < -0.3 is 9.47 Å². The Bertz CT molecular complexity index is 244. The molecule has 0 aromatic rings. The van der Waals surface area contributed by atoms with E-state index < -0.39 is 11.9 Å². The lowest BCUT2D eigenvalue weighted by Gasteiger charge is -2.07. The number of hydrogen-bond donors (Lipinski definition) is 0. The van der Waals surface area contributed by atoms with Crippen LogP contribution >= 0.6 is 0 Å². The third-order valence-electron chi connectivity index (χ3n) is 1.33. The van der Waals surface area contributed by atoms with Gasteiger partial charge in [-0.3, -0.25) is 14.4 Å². The molecule has 0 aromatic heterocycles. The number of ether oxygens (including phenoxy) is 2. The minimum atomic E-state index is -0.611. The first-order valence-electron chi connectivity index (χ1n) is 4.76. The number of rotatable bonds is 6. The van der Waals surface area contributed by atoms with Crippen LogP contribution in [0, 0.1) is 0 Å². The van der Waals surface area contributed by atoms with Crippen LogP contribution in [0.15, 0.2) is 0 Å². The lowest BCUT2D eigenvalue weighted by molar-refractivity contribution is -0.151. The average Bonchev–Trinajstić information content (AvgIpc) is 2.00. The van der Waals surface area contributed by atoms with Gasteiger partial charge in [-0.15, -0.1) is 0 Å². The molecule has 0 aliphatic rings. The molecule has 0 spiro atoms. The highest BCUT2D eigenvalue weighted by atomic mass is 16.6. The van der Waals surface area contributed by atoms with Gasteiger partial charge in [0.2, 0.25) is 0 Å². The molecule has 86 valence electrons. The average molecular weight is 216 g/mol. The molecule has 0 unspecified atom stereocenters. The summed E-state index contributed by atoms with van der Waals surface area (Å²) in [6, 6.07) is 0. The zero-order valence-corrected chi connectivity index (χ0v) is 9.24. The number of carbonyl (C=O) groups excluding carboxylic acids is 3. The Hall–Kier alpha value is -1.39. The van der Waals surface area contributed by atoms with Crippen LogP contribution in [0.1, 0.15) is 33.6 Å². The number of ketones is 1. The largest absolute Gasteiger partial charge is 0.465 e. The summed E-state index contributed by atoms with van der Waals surface area (Å²) in [5, 5.41) is 0. The molecule has 0 aliphatic carbocycles. The van der Waals surface area contributed by atoms with Crippen molar-refractivity contribution in [3.63, 3.8) is 0 Å². The maximum atomic E-state index is 11.0. The third-order valence-corrected chi connectivity index (χ3v) is 1.33. The zero-order chi connectivity index (χ0) is 11.8. The molecule has 0 aromatic carbocycles. The monoisotopic (exact) mass is 216 g/mol. The first kappa shape index (κ1) is 13.6. The zero-order valence-electron chi connectivity index (χ0n) is 9.24. The summed E-state index contributed by atoms with van der Waals surface area (Å²) in [6.07, 6.45) is -0.411. The summed E-state index contributed by atoms with van der Waals surface area (Å²) in [4.78, 5) is 32.3. The summed E-state index contributed by atoms with van der Waals surface area (Å²) >= 11 is 0. The summed E-state index contributed by atoms with van der Waals surface area (Å²) < 4.78 is 9.46. The molecule has 0 fully saturated rings. The van der Waals surface area contributed by atoms with Crippen LogP contribution in [0.5, 0.6) is 0 Å². The van der Waals surface area contributed by atoms with E-state index in [4.69, 9.17) is 4.74 Å². The van der Waals surface area contributed by atoms with Crippen LogP contribution < -0.4 is 0 Å². The van der Waals surface area contributed by atoms with E-state index in [1.807, 2.05) is 0 Å². The first-order chi connectivity index (χ1) is 6.91. The van der Waals surface area contributed by atoms with Crippen molar-refractivity contribution in [1.29, 1.82) is 0 Å². The van der Waals surface area contributed by atoms with Crippen molar-refractivity contribution in [1.82, 2.24) is 0 Å². The topological polar surface area (TPSA) is 69.7 Å². The van der Waals surface area contributed by atoms with E-state index in [0.29, 0.717) is 0 Å². The maximum absolute atomic E-state index is 11.0. The smallest absolute Gasteiger partial charge is 0.313 e. The van der Waals surface area contributed by atoms with Crippen molar-refractivity contribution in [3.05, 3.63) is 0 Å². The number of esters is 2. The Balaban J connectivity index is 3.57. The van der Waals surface area contributed by atoms with E-state index in [1.165, 1.54) is 6.92 Å². The molecule has 0 bridgehead atoms. The molecule has 5 nitrogen and oxygen atoms in total. The van der Waals surface area contributed by atoms with Gasteiger partial charge in [0.15, 0.2) is 0 Å². The highest BCUT2D eigenvalue weighted by Crippen LogP contribution is 1.95. The van der Waals surface area contributed by atoms with Crippen molar-refractivity contribution < 1.29 is 23.9 Å². The van der Waals surface area contributed by atoms with Gasteiger partial charge in [0.1, 0.15) is 18.8 Å². The third kappa shape index (κ3) is 8.93. The number of Topliss-reactive ketones (excluding diaryl/α,β-unsaturated/α-hetero) is 1. The molecule has 0 aliphatic heterocycles. The van der Waals surface area contributed by atoms with E-state index in [2.05, 4.69) is 4.74 Å². The van der Waals surface area contributed by atoms with Gasteiger partial charge in [-0.05, 0) is 20.8 Å². The fraction of sp³-hybridized carbons (Fsp3) is 0.700. The molecule has 0 N–H and O–H groups in total. The Morgan fingerprint density at radius 3 is 2.20 bits per heavy atom. The summed E-state index contributed by atoms with van der Waals surface area (Å²) in [7, 11) is 0. The summed E-state index contributed by atoms with van der Waals surface area (Å²) in [5.74, 6) is -1.29. The quantitative estimate of drug-likeness (QED) is 0.486. The van der Waals surface area contributed by atoms with Crippen molar-refractivity contribution in [2.75, 3.05) is 6.61 Å². The van der Waals surface area contributed by atoms with Gasteiger partial charge in [0, 0.05) is 0 Å². The lowest BCUT2D eigenvalue weighted by atomic mass is 10.3. The number of hydrogen-bond acceptors (Lipinski definition) is 5. The Morgan fingerprint density at radius 1 is 1.13 bits per heavy atom. The summed E-state index contributed by atoms with van der Waals surface area (Å²) in [6.45, 7) is 4.73. The molecule has 0 amide bonds. The van der Waals surface area contributed by atoms with Crippen LogP contribution in [0.25, 0.3) is 0 Å². The van der Waals surface area contributed by atoms with E-state index in [0.717, 1.165) is 0 Å². The molecule has 0 radical (unpaired) electrons. The molecule has 15 heavy (non-hydrogen) atoms. The van der Waals surface area contributed by atoms with E-state index in [9.17, 15) is 14.4 Å². The molecule has 0 rings (SSSR count). The Morgan fingerprint density at radius 2 is 1.73 bits per heavy atom. The second kappa shape index (κ2) is 6.98. The van der Waals surface area contributed by atoms with Gasteiger partial charge in [0.05, 0.1) is 12.5 Å². The highest BCUT2D eigenvalue weighted by Gasteiger charge is 2.09. The van der Waals surface area contributed by atoms with Gasteiger partial charge in [-0.2, -0.15) is 0 Å². The van der Waals surface area contributed by atoms with E-state index in [-0.39, 0.29) is 31.3 Å². The SMILES string of the molecule is CC(=O)CC(=O)OCCC(=O)OC(C)C. The van der Waals surface area contributed by atoms with Crippen LogP contribution in [0.4, 0.5) is 0 Å². The van der Waals surface area contributed by atoms with Crippen molar-refractivity contribution in [2.24, 2.45) is 0 Å². The molecule has 0 saturated carbocycles. The van der Waals surface area contributed by atoms with Crippen LogP contribution in [0.3, 0.4) is 0 Å². The lowest BCUT2D eigenvalue weighted by Crippen LogP contribution is -2.16. The second-order valence-corrected chi connectivity index (χ2v) is 3.39. The maximum Gasteiger partial charge on any atom is 0.313 e. The Kier molecular flexibility index (Phi) is 6.33. The van der Waals surface area contributed by atoms with Gasteiger partial charge >= 0.3 is 11.9 Å². The van der Waals surface area contributed by atoms with Crippen molar-refractivity contribution >= 4 is 17.7 Å². The van der Waals surface area contributed by atoms with Crippen LogP contribution in [-0.4, -0.2) is 30.4 Å².